The number of methoxy groups -OCH3 is 1. The van der Waals surface area contributed by atoms with Crippen LogP contribution in [0.2, 0.25) is 0 Å². The van der Waals surface area contributed by atoms with Gasteiger partial charge in [-0.1, -0.05) is 0 Å². The summed E-state index contributed by atoms with van der Waals surface area (Å²) in [5.41, 5.74) is 0.608. The van der Waals surface area contributed by atoms with E-state index in [-0.39, 0.29) is 22.2 Å². The van der Waals surface area contributed by atoms with Gasteiger partial charge in [-0.15, -0.1) is 0 Å². The SMILES string of the molecule is COc1ccc(O)c(NC(=S)NC(=O)CC23CC4CC(CC(C4)C2)C3)c1. The molecular formula is C20H26N2O3S. The molecule has 1 aromatic carbocycles. The Kier molecular flexibility index (Phi) is 4.55. The van der Waals surface area contributed by atoms with E-state index in [0.717, 1.165) is 17.8 Å². The maximum atomic E-state index is 12.6. The van der Waals surface area contributed by atoms with Crippen LogP contribution in [0.3, 0.4) is 0 Å². The van der Waals surface area contributed by atoms with Crippen LogP contribution in [0.25, 0.3) is 0 Å². The van der Waals surface area contributed by atoms with Crippen LogP contribution >= 0.6 is 12.2 Å². The van der Waals surface area contributed by atoms with Crippen LogP contribution in [0, 0.1) is 23.2 Å². The highest BCUT2D eigenvalue weighted by atomic mass is 32.1. The molecule has 4 bridgehead atoms. The zero-order valence-electron chi connectivity index (χ0n) is 15.1. The molecule has 0 spiro atoms. The third-order valence-electron chi connectivity index (χ3n) is 6.41. The molecule has 6 heteroatoms. The van der Waals surface area contributed by atoms with Crippen molar-refractivity contribution in [3.05, 3.63) is 18.2 Å². The van der Waals surface area contributed by atoms with Gasteiger partial charge in [-0.25, -0.2) is 0 Å². The number of carbonyl (C=O) groups excluding carboxylic acids is 1. The van der Waals surface area contributed by atoms with Crippen molar-refractivity contribution in [1.29, 1.82) is 0 Å². The Morgan fingerprint density at radius 3 is 2.42 bits per heavy atom. The van der Waals surface area contributed by atoms with Crippen molar-refractivity contribution in [2.24, 2.45) is 23.2 Å². The molecule has 4 aliphatic rings. The molecule has 0 saturated heterocycles. The van der Waals surface area contributed by atoms with Crippen LogP contribution in [-0.4, -0.2) is 23.2 Å². The Labute approximate surface area is 159 Å². The van der Waals surface area contributed by atoms with Gasteiger partial charge in [0.1, 0.15) is 11.5 Å². The number of benzene rings is 1. The highest BCUT2D eigenvalue weighted by Crippen LogP contribution is 2.61. The van der Waals surface area contributed by atoms with Gasteiger partial charge in [-0.3, -0.25) is 4.79 Å². The van der Waals surface area contributed by atoms with Crippen molar-refractivity contribution in [3.8, 4) is 11.5 Å². The number of phenols is 1. The molecule has 4 saturated carbocycles. The Balaban J connectivity index is 1.36. The van der Waals surface area contributed by atoms with Crippen LogP contribution in [0.1, 0.15) is 44.9 Å². The number of rotatable bonds is 4. The van der Waals surface area contributed by atoms with Gasteiger partial charge in [0.05, 0.1) is 12.8 Å². The van der Waals surface area contributed by atoms with Gasteiger partial charge in [0.2, 0.25) is 5.91 Å². The Bertz CT molecular complexity index is 698. The summed E-state index contributed by atoms with van der Waals surface area (Å²) in [7, 11) is 1.56. The molecule has 4 fully saturated rings. The molecule has 140 valence electrons. The van der Waals surface area contributed by atoms with Gasteiger partial charge >= 0.3 is 0 Å². The summed E-state index contributed by atoms with van der Waals surface area (Å²) in [4.78, 5) is 12.6. The summed E-state index contributed by atoms with van der Waals surface area (Å²) < 4.78 is 5.15. The molecule has 0 aromatic heterocycles. The van der Waals surface area contributed by atoms with Crippen molar-refractivity contribution in [2.75, 3.05) is 12.4 Å². The van der Waals surface area contributed by atoms with Gasteiger partial charge < -0.3 is 20.5 Å². The van der Waals surface area contributed by atoms with Gasteiger partial charge in [-0.2, -0.15) is 0 Å². The summed E-state index contributed by atoms with van der Waals surface area (Å²) in [5, 5.41) is 15.8. The minimum absolute atomic E-state index is 0.0214. The Morgan fingerprint density at radius 1 is 1.23 bits per heavy atom. The van der Waals surface area contributed by atoms with E-state index in [2.05, 4.69) is 10.6 Å². The third kappa shape index (κ3) is 3.52. The van der Waals surface area contributed by atoms with E-state index in [1.54, 1.807) is 19.2 Å². The molecule has 1 aromatic rings. The number of phenolic OH excluding ortho intramolecular Hbond substituents is 1. The molecule has 0 unspecified atom stereocenters. The van der Waals surface area contributed by atoms with E-state index < -0.39 is 0 Å². The number of anilines is 1. The van der Waals surface area contributed by atoms with Gasteiger partial charge in [-0.05, 0) is 86.0 Å². The first kappa shape index (κ1) is 17.6. The Morgan fingerprint density at radius 2 is 1.85 bits per heavy atom. The highest BCUT2D eigenvalue weighted by molar-refractivity contribution is 7.80. The molecule has 0 heterocycles. The molecule has 0 radical (unpaired) electrons. The number of nitrogens with one attached hydrogen (secondary N) is 2. The minimum Gasteiger partial charge on any atom is -0.506 e. The van der Waals surface area contributed by atoms with Crippen molar-refractivity contribution >= 4 is 28.9 Å². The van der Waals surface area contributed by atoms with Gasteiger partial charge in [0.25, 0.3) is 0 Å². The molecule has 0 atom stereocenters. The first-order valence-corrected chi connectivity index (χ1v) is 9.83. The lowest BCUT2D eigenvalue weighted by molar-refractivity contribution is -0.127. The highest BCUT2D eigenvalue weighted by Gasteiger charge is 2.51. The average molecular weight is 375 g/mol. The fourth-order valence-electron chi connectivity index (χ4n) is 5.91. The summed E-state index contributed by atoms with van der Waals surface area (Å²) >= 11 is 5.27. The van der Waals surface area contributed by atoms with Crippen molar-refractivity contribution < 1.29 is 14.6 Å². The standard InChI is InChI=1S/C20H26N2O3S/c1-25-15-2-3-17(23)16(7-15)21-19(26)22-18(24)11-20-8-12-4-13(9-20)6-14(5-12)10-20/h2-3,7,12-14,23H,4-6,8-11H2,1H3,(H2,21,22,24,26). The second-order valence-corrected chi connectivity index (χ2v) is 8.89. The molecule has 4 aliphatic carbocycles. The van der Waals surface area contributed by atoms with Crippen LogP contribution in [-0.2, 0) is 4.79 Å². The van der Waals surface area contributed by atoms with Crippen LogP contribution < -0.4 is 15.4 Å². The predicted molar refractivity (Wildman–Crippen MR) is 104 cm³/mol. The molecular weight excluding hydrogens is 348 g/mol. The number of hydrogen-bond donors (Lipinski definition) is 3. The number of ether oxygens (including phenoxy) is 1. The van der Waals surface area contributed by atoms with Crippen LogP contribution in [0.15, 0.2) is 18.2 Å². The van der Waals surface area contributed by atoms with Crippen molar-refractivity contribution in [1.82, 2.24) is 5.32 Å². The molecule has 3 N–H and O–H groups in total. The molecule has 1 amide bonds. The maximum Gasteiger partial charge on any atom is 0.226 e. The zero-order valence-corrected chi connectivity index (χ0v) is 15.9. The lowest BCUT2D eigenvalue weighted by atomic mass is 9.49. The number of amides is 1. The number of carbonyl (C=O) groups is 1. The van der Waals surface area contributed by atoms with E-state index in [0.29, 0.717) is 17.9 Å². The number of aromatic hydroxyl groups is 1. The van der Waals surface area contributed by atoms with Crippen molar-refractivity contribution in [2.45, 2.75) is 44.9 Å². The van der Waals surface area contributed by atoms with Crippen molar-refractivity contribution in [3.63, 3.8) is 0 Å². The monoisotopic (exact) mass is 374 g/mol. The van der Waals surface area contributed by atoms with Crippen LogP contribution in [0.5, 0.6) is 11.5 Å². The number of thiocarbonyl (C=S) groups is 1. The Hall–Kier alpha value is -1.82. The van der Waals surface area contributed by atoms with E-state index in [1.807, 2.05) is 0 Å². The normalized spacial score (nSPS) is 31.5. The summed E-state index contributed by atoms with van der Waals surface area (Å²) in [5.74, 6) is 3.12. The largest absolute Gasteiger partial charge is 0.506 e. The third-order valence-corrected chi connectivity index (χ3v) is 6.61. The minimum atomic E-state index is -0.0214. The van der Waals surface area contributed by atoms with Gasteiger partial charge in [0, 0.05) is 12.5 Å². The second-order valence-electron chi connectivity index (χ2n) is 8.48. The second kappa shape index (κ2) is 6.72. The molecule has 26 heavy (non-hydrogen) atoms. The summed E-state index contributed by atoms with van der Waals surface area (Å²) in [6.07, 6.45) is 8.26. The molecule has 0 aliphatic heterocycles. The number of hydrogen-bond acceptors (Lipinski definition) is 4. The first-order chi connectivity index (χ1) is 12.4. The quantitative estimate of drug-likeness (QED) is 0.552. The molecule has 5 nitrogen and oxygen atoms in total. The fraction of sp³-hybridized carbons (Fsp3) is 0.600. The van der Waals surface area contributed by atoms with E-state index in [1.165, 1.54) is 44.6 Å². The van der Waals surface area contributed by atoms with E-state index in [4.69, 9.17) is 17.0 Å². The lowest BCUT2D eigenvalue weighted by Crippen LogP contribution is -2.48. The maximum absolute atomic E-state index is 12.6. The predicted octanol–water partition coefficient (Wildman–Crippen LogP) is 3.82. The smallest absolute Gasteiger partial charge is 0.226 e. The fourth-order valence-corrected chi connectivity index (χ4v) is 6.14. The average Bonchev–Trinajstić information content (AvgIpc) is 2.54. The summed E-state index contributed by atoms with van der Waals surface area (Å²) in [6, 6.07) is 4.84. The lowest BCUT2D eigenvalue weighted by Gasteiger charge is -2.56. The first-order valence-electron chi connectivity index (χ1n) is 9.42. The van der Waals surface area contributed by atoms with E-state index in [9.17, 15) is 9.90 Å². The topological polar surface area (TPSA) is 70.6 Å². The molecule has 5 rings (SSSR count). The van der Waals surface area contributed by atoms with Crippen LogP contribution in [0.4, 0.5) is 5.69 Å². The van der Waals surface area contributed by atoms with E-state index >= 15 is 0 Å². The van der Waals surface area contributed by atoms with Gasteiger partial charge in [0.15, 0.2) is 5.11 Å². The summed E-state index contributed by atoms with van der Waals surface area (Å²) in [6.45, 7) is 0. The zero-order chi connectivity index (χ0) is 18.3.